The van der Waals surface area contributed by atoms with Gasteiger partial charge in [0.2, 0.25) is 5.91 Å². The van der Waals surface area contributed by atoms with Gasteiger partial charge in [0.05, 0.1) is 13.7 Å². The summed E-state index contributed by atoms with van der Waals surface area (Å²) in [7, 11) is 1.37. The number of hydrogen-bond donors (Lipinski definition) is 0. The van der Waals surface area contributed by atoms with Gasteiger partial charge in [-0.25, -0.2) is 4.79 Å². The summed E-state index contributed by atoms with van der Waals surface area (Å²) in [6, 6.07) is 9.91. The fraction of sp³-hybridized carbons (Fsp3) is 0.579. The van der Waals surface area contributed by atoms with Gasteiger partial charge in [-0.1, -0.05) is 51.1 Å². The number of nitrogens with zero attached hydrogens (tertiary/aromatic N) is 1. The van der Waals surface area contributed by atoms with Crippen LogP contribution in [0.3, 0.4) is 0 Å². The Labute approximate surface area is 142 Å². The maximum absolute atomic E-state index is 13.1. The minimum atomic E-state index is -0.983. The summed E-state index contributed by atoms with van der Waals surface area (Å²) in [5.41, 5.74) is -0.152. The molecule has 0 unspecified atom stereocenters. The number of fused-ring (bicyclic) bond motifs is 1. The van der Waals surface area contributed by atoms with E-state index in [0.29, 0.717) is 12.8 Å². The zero-order valence-electron chi connectivity index (χ0n) is 14.7. The summed E-state index contributed by atoms with van der Waals surface area (Å²) in [6.45, 7) is 6.26. The average Bonchev–Trinajstić information content (AvgIpc) is 3.05. The Morgan fingerprint density at radius 2 is 2.00 bits per heavy atom. The smallest absolute Gasteiger partial charge is 0.334 e. The quantitative estimate of drug-likeness (QED) is 0.798. The van der Waals surface area contributed by atoms with Gasteiger partial charge in [-0.15, -0.1) is 0 Å². The Hall–Kier alpha value is -1.88. The van der Waals surface area contributed by atoms with Gasteiger partial charge in [0.25, 0.3) is 0 Å². The number of hydrogen-bond acceptors (Lipinski definition) is 4. The summed E-state index contributed by atoms with van der Waals surface area (Å²) in [4.78, 5) is 27.3. The van der Waals surface area contributed by atoms with Gasteiger partial charge in [0, 0.05) is 11.3 Å². The van der Waals surface area contributed by atoms with Crippen molar-refractivity contribution in [2.24, 2.45) is 11.3 Å². The van der Waals surface area contributed by atoms with E-state index in [1.165, 1.54) is 7.11 Å². The van der Waals surface area contributed by atoms with E-state index in [0.717, 1.165) is 5.56 Å². The Morgan fingerprint density at radius 1 is 1.33 bits per heavy atom. The van der Waals surface area contributed by atoms with Crippen LogP contribution in [0.2, 0.25) is 0 Å². The van der Waals surface area contributed by atoms with Crippen molar-refractivity contribution >= 4 is 11.9 Å². The monoisotopic (exact) mass is 331 g/mol. The zero-order valence-corrected chi connectivity index (χ0v) is 14.7. The van der Waals surface area contributed by atoms with E-state index in [1.54, 1.807) is 4.90 Å². The molecular weight excluding hydrogens is 306 g/mol. The molecule has 2 aliphatic rings. The number of amides is 1. The van der Waals surface area contributed by atoms with Crippen LogP contribution >= 0.6 is 0 Å². The van der Waals surface area contributed by atoms with E-state index in [4.69, 9.17) is 9.47 Å². The lowest BCUT2D eigenvalue weighted by atomic mass is 9.89. The van der Waals surface area contributed by atoms with Crippen molar-refractivity contribution in [3.05, 3.63) is 35.9 Å². The molecule has 3 rings (SSSR count). The molecule has 0 saturated carbocycles. The Kier molecular flexibility index (Phi) is 4.16. The molecule has 0 aliphatic carbocycles. The van der Waals surface area contributed by atoms with Crippen LogP contribution in [0.5, 0.6) is 0 Å². The first kappa shape index (κ1) is 17.0. The first-order valence-electron chi connectivity index (χ1n) is 8.37. The topological polar surface area (TPSA) is 55.8 Å². The average molecular weight is 331 g/mol. The van der Waals surface area contributed by atoms with Crippen LogP contribution in [-0.2, 0) is 25.5 Å². The SMILES string of the molecule is COC(=O)[C@@]12CO[C@@H](C(C)(C)C)N1C(=O)[C@@H](Cc1ccccc1)C2. The Balaban J connectivity index is 1.93. The van der Waals surface area contributed by atoms with E-state index < -0.39 is 11.8 Å². The normalized spacial score (nSPS) is 29.7. The van der Waals surface area contributed by atoms with Gasteiger partial charge in [-0.3, -0.25) is 9.69 Å². The molecule has 1 amide bonds. The predicted molar refractivity (Wildman–Crippen MR) is 89.0 cm³/mol. The van der Waals surface area contributed by atoms with E-state index in [2.05, 4.69) is 0 Å². The van der Waals surface area contributed by atoms with Crippen LogP contribution in [-0.4, -0.2) is 42.3 Å². The van der Waals surface area contributed by atoms with Crippen molar-refractivity contribution in [1.29, 1.82) is 0 Å². The second-order valence-corrected chi connectivity index (χ2v) is 7.85. The number of benzene rings is 1. The van der Waals surface area contributed by atoms with Crippen molar-refractivity contribution in [3.63, 3.8) is 0 Å². The molecule has 0 radical (unpaired) electrons. The fourth-order valence-corrected chi connectivity index (χ4v) is 3.89. The Bertz CT molecular complexity index is 637. The lowest BCUT2D eigenvalue weighted by molar-refractivity contribution is -0.158. The maximum Gasteiger partial charge on any atom is 0.334 e. The number of carbonyl (C=O) groups excluding carboxylic acids is 2. The molecule has 5 nitrogen and oxygen atoms in total. The van der Waals surface area contributed by atoms with Gasteiger partial charge < -0.3 is 9.47 Å². The summed E-state index contributed by atoms with van der Waals surface area (Å²) >= 11 is 0. The summed E-state index contributed by atoms with van der Waals surface area (Å²) in [6.07, 6.45) is 0.663. The number of carbonyl (C=O) groups is 2. The molecule has 5 heteroatoms. The molecule has 1 aromatic carbocycles. The lowest BCUT2D eigenvalue weighted by Gasteiger charge is -2.36. The number of esters is 1. The van der Waals surface area contributed by atoms with Crippen LogP contribution in [0, 0.1) is 11.3 Å². The summed E-state index contributed by atoms with van der Waals surface area (Å²) in [5, 5.41) is 0. The molecule has 2 heterocycles. The van der Waals surface area contributed by atoms with Gasteiger partial charge in [-0.2, -0.15) is 0 Å². The maximum atomic E-state index is 13.1. The van der Waals surface area contributed by atoms with Crippen molar-refractivity contribution < 1.29 is 19.1 Å². The van der Waals surface area contributed by atoms with Crippen molar-refractivity contribution in [1.82, 2.24) is 4.90 Å². The minimum absolute atomic E-state index is 0.0123. The molecule has 2 aliphatic heterocycles. The molecule has 0 spiro atoms. The largest absolute Gasteiger partial charge is 0.467 e. The highest BCUT2D eigenvalue weighted by atomic mass is 16.6. The molecular formula is C19H25NO4. The molecule has 0 N–H and O–H groups in total. The van der Waals surface area contributed by atoms with Crippen LogP contribution in [0.4, 0.5) is 0 Å². The van der Waals surface area contributed by atoms with E-state index in [9.17, 15) is 9.59 Å². The first-order chi connectivity index (χ1) is 11.3. The van der Waals surface area contributed by atoms with Gasteiger partial charge in [0.1, 0.15) is 6.23 Å². The molecule has 1 aromatic rings. The summed E-state index contributed by atoms with van der Waals surface area (Å²) < 4.78 is 10.9. The molecule has 2 fully saturated rings. The molecule has 130 valence electrons. The van der Waals surface area contributed by atoms with Crippen LogP contribution < -0.4 is 0 Å². The van der Waals surface area contributed by atoms with Crippen molar-refractivity contribution in [2.75, 3.05) is 13.7 Å². The molecule has 0 bridgehead atoms. The zero-order chi connectivity index (χ0) is 17.5. The fourth-order valence-electron chi connectivity index (χ4n) is 3.89. The second kappa shape index (κ2) is 5.88. The lowest BCUT2D eigenvalue weighted by Crippen LogP contribution is -2.54. The van der Waals surface area contributed by atoms with Crippen LogP contribution in [0.1, 0.15) is 32.8 Å². The highest BCUT2D eigenvalue weighted by molar-refractivity contribution is 5.94. The third-order valence-corrected chi connectivity index (χ3v) is 4.98. The van der Waals surface area contributed by atoms with E-state index in [-0.39, 0.29) is 29.8 Å². The van der Waals surface area contributed by atoms with E-state index >= 15 is 0 Å². The standard InChI is InChI=1S/C19H25NO4/c1-18(2,3)16-20-15(21)14(10-13-8-6-5-7-9-13)11-19(20,12-24-16)17(22)23-4/h5-9,14,16H,10-12H2,1-4H3/t14-,16-,19+/m0/s1. The van der Waals surface area contributed by atoms with Gasteiger partial charge >= 0.3 is 5.97 Å². The predicted octanol–water partition coefficient (Wildman–Crippen LogP) is 2.39. The highest BCUT2D eigenvalue weighted by Crippen LogP contribution is 2.47. The van der Waals surface area contributed by atoms with Crippen molar-refractivity contribution in [2.45, 2.75) is 45.4 Å². The molecule has 0 aromatic heterocycles. The first-order valence-corrected chi connectivity index (χ1v) is 8.37. The molecule has 3 atom stereocenters. The summed E-state index contributed by atoms with van der Waals surface area (Å²) in [5.74, 6) is -0.611. The highest BCUT2D eigenvalue weighted by Gasteiger charge is 2.64. The molecule has 2 saturated heterocycles. The number of ether oxygens (including phenoxy) is 2. The Morgan fingerprint density at radius 3 is 2.58 bits per heavy atom. The third-order valence-electron chi connectivity index (χ3n) is 4.98. The van der Waals surface area contributed by atoms with E-state index in [1.807, 2.05) is 51.1 Å². The van der Waals surface area contributed by atoms with Crippen molar-refractivity contribution in [3.8, 4) is 0 Å². The third kappa shape index (κ3) is 2.61. The molecule has 24 heavy (non-hydrogen) atoms. The minimum Gasteiger partial charge on any atom is -0.467 e. The van der Waals surface area contributed by atoms with Crippen LogP contribution in [0.15, 0.2) is 30.3 Å². The number of rotatable bonds is 3. The van der Waals surface area contributed by atoms with Crippen LogP contribution in [0.25, 0.3) is 0 Å². The van der Waals surface area contributed by atoms with Gasteiger partial charge in [0.15, 0.2) is 5.54 Å². The van der Waals surface area contributed by atoms with Gasteiger partial charge in [-0.05, 0) is 18.4 Å². The number of methoxy groups -OCH3 is 1. The second-order valence-electron chi connectivity index (χ2n) is 7.85.